The molecule has 0 N–H and O–H groups in total. The number of aromatic nitrogens is 1. The van der Waals surface area contributed by atoms with Crippen LogP contribution in [-0.4, -0.2) is 43.1 Å². The predicted molar refractivity (Wildman–Crippen MR) is 115 cm³/mol. The summed E-state index contributed by atoms with van der Waals surface area (Å²) in [4.78, 5) is 17.8. The standard InChI is InChI=1S/C22H21N3O3S/c1-4-27-19-12-15(9-10-18(19)28-14-21(26)25(2)3)11-16(13-23)22-24-17-7-5-6-8-20(17)29-22/h5-12H,4,14H2,1-3H3/b16-11+. The van der Waals surface area contributed by atoms with Crippen molar-refractivity contribution in [2.75, 3.05) is 27.3 Å². The maximum atomic E-state index is 11.8. The van der Waals surface area contributed by atoms with Gasteiger partial charge in [0.15, 0.2) is 18.1 Å². The summed E-state index contributed by atoms with van der Waals surface area (Å²) in [5.41, 5.74) is 2.14. The van der Waals surface area contributed by atoms with E-state index < -0.39 is 0 Å². The van der Waals surface area contributed by atoms with Gasteiger partial charge in [-0.05, 0) is 42.8 Å². The van der Waals surface area contributed by atoms with Crippen LogP contribution in [0.4, 0.5) is 0 Å². The summed E-state index contributed by atoms with van der Waals surface area (Å²) in [5.74, 6) is 0.867. The normalized spacial score (nSPS) is 11.2. The topological polar surface area (TPSA) is 75.5 Å². The summed E-state index contributed by atoms with van der Waals surface area (Å²) >= 11 is 1.48. The molecule has 0 unspecified atom stereocenters. The highest BCUT2D eigenvalue weighted by atomic mass is 32.1. The number of thiazole rings is 1. The number of carbonyl (C=O) groups is 1. The van der Waals surface area contributed by atoms with Gasteiger partial charge < -0.3 is 14.4 Å². The maximum absolute atomic E-state index is 11.8. The summed E-state index contributed by atoms with van der Waals surface area (Å²) in [7, 11) is 3.35. The van der Waals surface area contributed by atoms with Crippen molar-refractivity contribution in [1.29, 1.82) is 5.26 Å². The van der Waals surface area contributed by atoms with Gasteiger partial charge in [-0.1, -0.05) is 18.2 Å². The van der Waals surface area contributed by atoms with E-state index in [0.717, 1.165) is 15.8 Å². The fraction of sp³-hybridized carbons (Fsp3) is 0.227. The van der Waals surface area contributed by atoms with E-state index in [-0.39, 0.29) is 12.5 Å². The maximum Gasteiger partial charge on any atom is 0.259 e. The summed E-state index contributed by atoms with van der Waals surface area (Å²) in [6.45, 7) is 2.25. The highest BCUT2D eigenvalue weighted by Crippen LogP contribution is 2.32. The molecule has 2 aromatic carbocycles. The van der Waals surface area contributed by atoms with E-state index in [4.69, 9.17) is 9.47 Å². The Labute approximate surface area is 173 Å². The molecule has 7 heteroatoms. The van der Waals surface area contributed by atoms with Crippen molar-refractivity contribution in [3.8, 4) is 17.6 Å². The molecule has 0 bridgehead atoms. The molecule has 29 heavy (non-hydrogen) atoms. The van der Waals surface area contributed by atoms with E-state index >= 15 is 0 Å². The number of fused-ring (bicyclic) bond motifs is 1. The molecule has 0 atom stereocenters. The largest absolute Gasteiger partial charge is 0.490 e. The monoisotopic (exact) mass is 407 g/mol. The van der Waals surface area contributed by atoms with Crippen LogP contribution in [0.2, 0.25) is 0 Å². The van der Waals surface area contributed by atoms with Gasteiger partial charge in [0.25, 0.3) is 5.91 Å². The molecule has 1 amide bonds. The molecule has 0 aliphatic rings. The predicted octanol–water partition coefficient (Wildman–Crippen LogP) is 4.23. The Morgan fingerprint density at radius 1 is 1.21 bits per heavy atom. The molecule has 3 rings (SSSR count). The Morgan fingerprint density at radius 3 is 2.69 bits per heavy atom. The number of benzene rings is 2. The molecule has 0 aliphatic heterocycles. The van der Waals surface area contributed by atoms with Gasteiger partial charge in [-0.3, -0.25) is 4.79 Å². The van der Waals surface area contributed by atoms with Crippen molar-refractivity contribution in [3.05, 3.63) is 53.0 Å². The van der Waals surface area contributed by atoms with Crippen LogP contribution >= 0.6 is 11.3 Å². The zero-order valence-corrected chi connectivity index (χ0v) is 17.3. The lowest BCUT2D eigenvalue weighted by molar-refractivity contribution is -0.130. The Morgan fingerprint density at radius 2 is 2.00 bits per heavy atom. The number of carbonyl (C=O) groups excluding carboxylic acids is 1. The lowest BCUT2D eigenvalue weighted by Crippen LogP contribution is -2.27. The molecule has 6 nitrogen and oxygen atoms in total. The molecule has 0 fully saturated rings. The van der Waals surface area contributed by atoms with E-state index in [1.807, 2.05) is 37.3 Å². The third kappa shape index (κ3) is 4.92. The molecule has 0 aliphatic carbocycles. The summed E-state index contributed by atoms with van der Waals surface area (Å²) in [5, 5.41) is 10.3. The molecule has 148 valence electrons. The summed E-state index contributed by atoms with van der Waals surface area (Å²) in [6, 6.07) is 15.4. The van der Waals surface area contributed by atoms with Crippen molar-refractivity contribution in [3.63, 3.8) is 0 Å². The quantitative estimate of drug-likeness (QED) is 0.548. The first-order chi connectivity index (χ1) is 14.0. The average molecular weight is 407 g/mol. The molecule has 3 aromatic rings. The zero-order valence-electron chi connectivity index (χ0n) is 16.5. The molecule has 1 heterocycles. The van der Waals surface area contributed by atoms with Gasteiger partial charge in [0, 0.05) is 14.1 Å². The zero-order chi connectivity index (χ0) is 20.8. The lowest BCUT2D eigenvalue weighted by atomic mass is 10.1. The number of allylic oxidation sites excluding steroid dienone is 1. The lowest BCUT2D eigenvalue weighted by Gasteiger charge is -2.14. The van der Waals surface area contributed by atoms with E-state index in [1.165, 1.54) is 16.2 Å². The van der Waals surface area contributed by atoms with Gasteiger partial charge in [0.05, 0.1) is 22.4 Å². The molecule has 0 radical (unpaired) electrons. The van der Waals surface area contributed by atoms with Crippen LogP contribution in [0.25, 0.3) is 21.9 Å². The number of nitriles is 1. The minimum atomic E-state index is -0.140. The first-order valence-electron chi connectivity index (χ1n) is 9.09. The number of nitrogens with zero attached hydrogens (tertiary/aromatic N) is 3. The molecule has 0 saturated carbocycles. The van der Waals surface area contributed by atoms with Gasteiger partial charge in [0.2, 0.25) is 0 Å². The highest BCUT2D eigenvalue weighted by Gasteiger charge is 2.12. The second-order valence-corrected chi connectivity index (χ2v) is 7.40. The van der Waals surface area contributed by atoms with Gasteiger partial charge >= 0.3 is 0 Å². The Hall–Kier alpha value is -3.37. The van der Waals surface area contributed by atoms with Crippen LogP contribution in [0.15, 0.2) is 42.5 Å². The van der Waals surface area contributed by atoms with Gasteiger partial charge in [-0.15, -0.1) is 11.3 Å². The van der Waals surface area contributed by atoms with Crippen LogP contribution < -0.4 is 9.47 Å². The third-order valence-electron chi connectivity index (χ3n) is 4.07. The van der Waals surface area contributed by atoms with Crippen molar-refractivity contribution in [1.82, 2.24) is 9.88 Å². The number of rotatable bonds is 7. The van der Waals surface area contributed by atoms with E-state index in [9.17, 15) is 10.1 Å². The smallest absolute Gasteiger partial charge is 0.259 e. The van der Waals surface area contributed by atoms with E-state index in [0.29, 0.717) is 28.7 Å². The summed E-state index contributed by atoms with van der Waals surface area (Å²) in [6.07, 6.45) is 1.77. The average Bonchev–Trinajstić information content (AvgIpc) is 3.15. The second kappa shape index (κ2) is 9.22. The number of ether oxygens (including phenoxy) is 2. The first-order valence-corrected chi connectivity index (χ1v) is 9.91. The van der Waals surface area contributed by atoms with Gasteiger partial charge in [-0.25, -0.2) is 4.98 Å². The van der Waals surface area contributed by atoms with Gasteiger partial charge in [0.1, 0.15) is 11.1 Å². The van der Waals surface area contributed by atoms with Gasteiger partial charge in [-0.2, -0.15) is 5.26 Å². The minimum Gasteiger partial charge on any atom is -0.490 e. The van der Waals surface area contributed by atoms with Crippen molar-refractivity contribution in [2.24, 2.45) is 0 Å². The Bertz CT molecular complexity index is 1060. The number of hydrogen-bond acceptors (Lipinski definition) is 6. The second-order valence-electron chi connectivity index (χ2n) is 6.37. The number of amides is 1. The minimum absolute atomic E-state index is 0.0720. The molecule has 0 saturated heterocycles. The van der Waals surface area contributed by atoms with Crippen LogP contribution in [0.3, 0.4) is 0 Å². The van der Waals surface area contributed by atoms with Crippen LogP contribution in [0.5, 0.6) is 11.5 Å². The summed E-state index contributed by atoms with van der Waals surface area (Å²) < 4.78 is 12.3. The van der Waals surface area contributed by atoms with Crippen LogP contribution in [-0.2, 0) is 4.79 Å². The molecule has 1 aromatic heterocycles. The number of para-hydroxylation sites is 1. The number of likely N-dealkylation sites (N-methyl/N-ethyl adjacent to an activating group) is 1. The molecular weight excluding hydrogens is 386 g/mol. The first kappa shape index (κ1) is 20.4. The fourth-order valence-corrected chi connectivity index (χ4v) is 3.50. The number of hydrogen-bond donors (Lipinski definition) is 0. The van der Waals surface area contributed by atoms with Crippen molar-refractivity contribution >= 4 is 39.1 Å². The van der Waals surface area contributed by atoms with Crippen molar-refractivity contribution in [2.45, 2.75) is 6.92 Å². The Kier molecular flexibility index (Phi) is 6.47. The third-order valence-corrected chi connectivity index (χ3v) is 5.14. The fourth-order valence-electron chi connectivity index (χ4n) is 2.57. The van der Waals surface area contributed by atoms with Crippen LogP contribution in [0, 0.1) is 11.3 Å². The molecular formula is C22H21N3O3S. The van der Waals surface area contributed by atoms with Crippen molar-refractivity contribution < 1.29 is 14.3 Å². The highest BCUT2D eigenvalue weighted by molar-refractivity contribution is 7.19. The molecule has 0 spiro atoms. The van der Waals surface area contributed by atoms with Crippen LogP contribution in [0.1, 0.15) is 17.5 Å². The SMILES string of the molecule is CCOc1cc(/C=C(\C#N)c2nc3ccccc3s2)ccc1OCC(=O)N(C)C. The van der Waals surface area contributed by atoms with E-state index in [2.05, 4.69) is 11.1 Å². The Balaban J connectivity index is 1.89. The van der Waals surface area contributed by atoms with E-state index in [1.54, 1.807) is 32.3 Å².